The lowest BCUT2D eigenvalue weighted by Gasteiger charge is -2.20. The third-order valence-electron chi connectivity index (χ3n) is 5.85. The first-order valence-electron chi connectivity index (χ1n) is 12.0. The fourth-order valence-electron chi connectivity index (χ4n) is 3.88. The van der Waals surface area contributed by atoms with Gasteiger partial charge in [0.05, 0.1) is 12.7 Å². The number of hydrogen-bond acceptors (Lipinski definition) is 7. The van der Waals surface area contributed by atoms with Gasteiger partial charge in [0.25, 0.3) is 5.91 Å². The van der Waals surface area contributed by atoms with Gasteiger partial charge in [0, 0.05) is 5.56 Å². The highest BCUT2D eigenvalue weighted by Gasteiger charge is 2.36. The van der Waals surface area contributed by atoms with Gasteiger partial charge in [0.2, 0.25) is 5.17 Å². The number of carbonyl (C=O) groups is 1. The second-order valence-electron chi connectivity index (χ2n) is 8.71. The molecule has 3 aromatic rings. The summed E-state index contributed by atoms with van der Waals surface area (Å²) >= 11 is 1.28. The molecule has 0 saturated carbocycles. The maximum absolute atomic E-state index is 12.8. The van der Waals surface area contributed by atoms with Crippen molar-refractivity contribution >= 4 is 39.8 Å². The summed E-state index contributed by atoms with van der Waals surface area (Å²) in [6.45, 7) is 4.74. The van der Waals surface area contributed by atoms with Gasteiger partial charge in [-0.05, 0) is 67.1 Å². The summed E-state index contributed by atoms with van der Waals surface area (Å²) in [7, 11) is 1.55. The van der Waals surface area contributed by atoms with Crippen LogP contribution in [0.15, 0.2) is 82.4 Å². The summed E-state index contributed by atoms with van der Waals surface area (Å²) in [5, 5.41) is 15.7. The number of hydrazone groups is 1. The number of fused-ring (bicyclic) bond motifs is 1. The molecule has 1 N–H and O–H groups in total. The summed E-state index contributed by atoms with van der Waals surface area (Å²) in [4.78, 5) is 17.0. The quantitative estimate of drug-likeness (QED) is 0.310. The van der Waals surface area contributed by atoms with Crippen LogP contribution in [0, 0.1) is 19.3 Å². The molecule has 0 radical (unpaired) electrons. The number of rotatable bonds is 8. The van der Waals surface area contributed by atoms with E-state index in [9.17, 15) is 4.79 Å². The Morgan fingerprint density at radius 2 is 1.74 bits per heavy atom. The number of benzene rings is 3. The summed E-state index contributed by atoms with van der Waals surface area (Å²) < 4.78 is 17.1. The molecule has 5 rings (SSSR count). The molecule has 0 atom stereocenters. The maximum Gasteiger partial charge on any atom is 0.283 e. The average Bonchev–Trinajstić information content (AvgIpc) is 3.34. The number of carbonyl (C=O) groups excluding carboxylic acids is 1. The van der Waals surface area contributed by atoms with Crippen molar-refractivity contribution in [1.82, 2.24) is 5.01 Å². The SMILES string of the molecule is COc1cc(/C=C2/C(=N)N3N=C(c4ccc(C)cc4)SC3=NC2=O)ccc1OCCOc1cccc(C)c1. The van der Waals surface area contributed by atoms with Crippen LogP contribution in [0.25, 0.3) is 6.08 Å². The molecule has 1 amide bonds. The Balaban J connectivity index is 1.28. The zero-order valence-electron chi connectivity index (χ0n) is 21.2. The van der Waals surface area contributed by atoms with E-state index in [1.54, 1.807) is 31.4 Å². The molecule has 2 aliphatic rings. The third-order valence-corrected chi connectivity index (χ3v) is 6.81. The summed E-state index contributed by atoms with van der Waals surface area (Å²) in [5.41, 5.74) is 4.00. The number of nitrogens with zero attached hydrogens (tertiary/aromatic N) is 3. The Labute approximate surface area is 225 Å². The van der Waals surface area contributed by atoms with E-state index in [1.807, 2.05) is 62.4 Å². The molecule has 0 spiro atoms. The lowest BCUT2D eigenvalue weighted by molar-refractivity contribution is -0.114. The molecule has 2 aliphatic heterocycles. The predicted octanol–water partition coefficient (Wildman–Crippen LogP) is 5.44. The Kier molecular flexibility index (Phi) is 7.28. The van der Waals surface area contributed by atoms with Crippen molar-refractivity contribution in [1.29, 1.82) is 5.41 Å². The molecule has 0 bridgehead atoms. The summed E-state index contributed by atoms with van der Waals surface area (Å²) in [5.74, 6) is 1.34. The van der Waals surface area contributed by atoms with Gasteiger partial charge < -0.3 is 14.2 Å². The lowest BCUT2D eigenvalue weighted by Crippen LogP contribution is -2.35. The number of methoxy groups -OCH3 is 1. The van der Waals surface area contributed by atoms with Crippen LogP contribution in [0.4, 0.5) is 0 Å². The Bertz CT molecular complexity index is 1490. The molecule has 0 aliphatic carbocycles. The van der Waals surface area contributed by atoms with Gasteiger partial charge in [0.1, 0.15) is 24.0 Å². The molecule has 8 nitrogen and oxygen atoms in total. The molecule has 0 unspecified atom stereocenters. The van der Waals surface area contributed by atoms with E-state index in [-0.39, 0.29) is 11.4 Å². The molecule has 3 aromatic carbocycles. The van der Waals surface area contributed by atoms with Gasteiger partial charge in [-0.15, -0.1) is 0 Å². The zero-order valence-corrected chi connectivity index (χ0v) is 22.0. The van der Waals surface area contributed by atoms with Gasteiger partial charge in [-0.3, -0.25) is 10.2 Å². The number of amides is 1. The number of hydrogen-bond donors (Lipinski definition) is 1. The minimum Gasteiger partial charge on any atom is -0.493 e. The first-order chi connectivity index (χ1) is 18.4. The van der Waals surface area contributed by atoms with E-state index < -0.39 is 5.91 Å². The van der Waals surface area contributed by atoms with Gasteiger partial charge in [-0.2, -0.15) is 15.1 Å². The number of aryl methyl sites for hydroxylation is 2. The third kappa shape index (κ3) is 5.47. The minimum absolute atomic E-state index is 0.0257. The average molecular weight is 527 g/mol. The van der Waals surface area contributed by atoms with Crippen molar-refractivity contribution in [2.75, 3.05) is 20.3 Å². The highest BCUT2D eigenvalue weighted by Crippen LogP contribution is 2.33. The normalized spacial score (nSPS) is 15.8. The van der Waals surface area contributed by atoms with Gasteiger partial charge in [-0.25, -0.2) is 0 Å². The van der Waals surface area contributed by atoms with Crippen molar-refractivity contribution < 1.29 is 19.0 Å². The Morgan fingerprint density at radius 1 is 0.947 bits per heavy atom. The molecular formula is C29H26N4O4S. The summed E-state index contributed by atoms with van der Waals surface area (Å²) in [6.07, 6.45) is 1.61. The van der Waals surface area contributed by atoms with E-state index in [2.05, 4.69) is 10.1 Å². The molecule has 38 heavy (non-hydrogen) atoms. The minimum atomic E-state index is -0.485. The molecule has 0 saturated heterocycles. The van der Waals surface area contributed by atoms with E-state index in [4.69, 9.17) is 19.6 Å². The van der Waals surface area contributed by atoms with Gasteiger partial charge in [0.15, 0.2) is 17.3 Å². The van der Waals surface area contributed by atoms with Crippen LogP contribution in [0.5, 0.6) is 17.2 Å². The lowest BCUT2D eigenvalue weighted by atomic mass is 10.1. The van der Waals surface area contributed by atoms with Crippen LogP contribution in [-0.4, -0.2) is 47.3 Å². The van der Waals surface area contributed by atoms with E-state index >= 15 is 0 Å². The number of aliphatic imine (C=N–C) groups is 1. The monoisotopic (exact) mass is 526 g/mol. The number of thioether (sulfide) groups is 1. The predicted molar refractivity (Wildman–Crippen MR) is 150 cm³/mol. The first-order valence-corrected chi connectivity index (χ1v) is 12.8. The van der Waals surface area contributed by atoms with E-state index in [1.165, 1.54) is 16.8 Å². The van der Waals surface area contributed by atoms with Crippen LogP contribution in [0.1, 0.15) is 22.3 Å². The number of nitrogens with one attached hydrogen (secondary N) is 1. The molecular weight excluding hydrogens is 500 g/mol. The smallest absolute Gasteiger partial charge is 0.283 e. The fraction of sp³-hybridized carbons (Fsp3) is 0.172. The highest BCUT2D eigenvalue weighted by atomic mass is 32.2. The second kappa shape index (κ2) is 10.9. The molecule has 2 heterocycles. The summed E-state index contributed by atoms with van der Waals surface area (Å²) in [6, 6.07) is 21.1. The molecule has 9 heteroatoms. The van der Waals surface area contributed by atoms with Crippen molar-refractivity contribution in [2.24, 2.45) is 10.1 Å². The number of ether oxygens (including phenoxy) is 3. The van der Waals surface area contributed by atoms with Crippen molar-refractivity contribution in [3.63, 3.8) is 0 Å². The zero-order chi connectivity index (χ0) is 26.6. The van der Waals surface area contributed by atoms with Crippen LogP contribution < -0.4 is 14.2 Å². The van der Waals surface area contributed by atoms with Crippen LogP contribution >= 0.6 is 11.8 Å². The Hall–Kier alpha value is -4.37. The molecule has 0 aromatic heterocycles. The Morgan fingerprint density at radius 3 is 2.50 bits per heavy atom. The van der Waals surface area contributed by atoms with Crippen molar-refractivity contribution in [2.45, 2.75) is 13.8 Å². The number of amidine groups is 2. The van der Waals surface area contributed by atoms with Crippen molar-refractivity contribution in [3.05, 3.63) is 94.6 Å². The topological polar surface area (TPSA) is 96.6 Å². The van der Waals surface area contributed by atoms with Crippen molar-refractivity contribution in [3.8, 4) is 17.2 Å². The van der Waals surface area contributed by atoms with Gasteiger partial charge >= 0.3 is 0 Å². The highest BCUT2D eigenvalue weighted by molar-refractivity contribution is 8.27. The fourth-order valence-corrected chi connectivity index (χ4v) is 4.78. The second-order valence-corrected chi connectivity index (χ2v) is 9.67. The molecule has 192 valence electrons. The molecule has 0 fully saturated rings. The van der Waals surface area contributed by atoms with Gasteiger partial charge in [-0.1, -0.05) is 48.0 Å². The van der Waals surface area contributed by atoms with Crippen LogP contribution in [0.3, 0.4) is 0 Å². The first kappa shape index (κ1) is 25.3. The van der Waals surface area contributed by atoms with E-state index in [0.717, 1.165) is 22.4 Å². The van der Waals surface area contributed by atoms with Crippen LogP contribution in [0.2, 0.25) is 0 Å². The standard InChI is InChI=1S/C29H26N4O4S/c1-18-7-10-21(11-8-18)28-32-33-26(30)23(27(34)31-29(33)38-28)16-20-9-12-24(25(17-20)35-3)37-14-13-36-22-6-4-5-19(2)15-22/h4-12,15-17,30H,13-14H2,1-3H3/b23-16-,30-26?. The van der Waals surface area contributed by atoms with Crippen LogP contribution in [-0.2, 0) is 4.79 Å². The maximum atomic E-state index is 12.8. The van der Waals surface area contributed by atoms with E-state index in [0.29, 0.717) is 40.5 Å². The largest absolute Gasteiger partial charge is 0.493 e.